The number of hydrogen-bond donors (Lipinski definition) is 2. The van der Waals surface area contributed by atoms with Crippen molar-refractivity contribution >= 4 is 34.8 Å². The van der Waals surface area contributed by atoms with Crippen LogP contribution in [0.2, 0.25) is 0 Å². The Balaban J connectivity index is 1.31. The van der Waals surface area contributed by atoms with E-state index in [9.17, 15) is 9.59 Å². The summed E-state index contributed by atoms with van der Waals surface area (Å²) in [5.41, 5.74) is 1.62. The lowest BCUT2D eigenvalue weighted by atomic mass is 9.74. The van der Waals surface area contributed by atoms with Crippen LogP contribution in [-0.2, 0) is 4.79 Å². The van der Waals surface area contributed by atoms with Gasteiger partial charge in [-0.2, -0.15) is 0 Å². The van der Waals surface area contributed by atoms with Crippen molar-refractivity contribution in [1.29, 1.82) is 0 Å². The van der Waals surface area contributed by atoms with Crippen LogP contribution in [0.4, 0.5) is 23.0 Å². The van der Waals surface area contributed by atoms with Crippen LogP contribution in [0.15, 0.2) is 36.4 Å². The average Bonchev–Trinajstić information content (AvgIpc) is 2.92. The van der Waals surface area contributed by atoms with Crippen LogP contribution in [-0.4, -0.2) is 71.4 Å². The summed E-state index contributed by atoms with van der Waals surface area (Å²) in [6.45, 7) is 9.74. The Morgan fingerprint density at radius 3 is 2.51 bits per heavy atom. The molecule has 0 spiro atoms. The van der Waals surface area contributed by atoms with Gasteiger partial charge < -0.3 is 20.4 Å². The first-order chi connectivity index (χ1) is 17.8. The van der Waals surface area contributed by atoms with Crippen LogP contribution in [0.25, 0.3) is 0 Å². The molecule has 2 aromatic rings. The Kier molecular flexibility index (Phi) is 7.12. The fourth-order valence-corrected chi connectivity index (χ4v) is 6.10. The molecule has 1 aliphatic carbocycles. The van der Waals surface area contributed by atoms with E-state index in [-0.39, 0.29) is 11.8 Å². The highest BCUT2D eigenvalue weighted by atomic mass is 16.2. The molecule has 1 atom stereocenters. The number of aromatic nitrogens is 1. The second kappa shape index (κ2) is 10.3. The van der Waals surface area contributed by atoms with Gasteiger partial charge in [0.05, 0.1) is 5.69 Å². The number of benzene rings is 1. The maximum Gasteiger partial charge on any atom is 0.254 e. The Hall–Kier alpha value is -3.13. The Labute approximate surface area is 220 Å². The third-order valence-electron chi connectivity index (χ3n) is 8.50. The number of fused-ring (bicyclic) bond motifs is 1. The second-order valence-corrected chi connectivity index (χ2v) is 11.2. The number of nitrogens with one attached hydrogen (secondary N) is 2. The SMILES string of the molecule is CC(C)N1CCN(C(=O)c2cccc(Nc3ccc4c(n3)N[C@](C)(C3CCCCC3)C(=O)N4C)c2)CC1. The van der Waals surface area contributed by atoms with Crippen LogP contribution < -0.4 is 15.5 Å². The van der Waals surface area contributed by atoms with E-state index >= 15 is 0 Å². The van der Waals surface area contributed by atoms with Crippen LogP contribution in [0.3, 0.4) is 0 Å². The number of pyridine rings is 1. The van der Waals surface area contributed by atoms with Crippen LogP contribution >= 0.6 is 0 Å². The van der Waals surface area contributed by atoms with E-state index in [0.717, 1.165) is 56.2 Å². The van der Waals surface area contributed by atoms with Gasteiger partial charge in [0.15, 0.2) is 5.82 Å². The molecule has 5 rings (SSSR count). The Morgan fingerprint density at radius 2 is 1.81 bits per heavy atom. The fraction of sp³-hybridized carbons (Fsp3) is 0.552. The van der Waals surface area contributed by atoms with E-state index in [1.807, 2.05) is 55.3 Å². The monoisotopic (exact) mass is 504 g/mol. The van der Waals surface area contributed by atoms with Crippen molar-refractivity contribution in [2.75, 3.05) is 48.8 Å². The highest BCUT2D eigenvalue weighted by molar-refractivity contribution is 6.07. The first-order valence-electron chi connectivity index (χ1n) is 13.7. The van der Waals surface area contributed by atoms with Gasteiger partial charge in [-0.05, 0) is 69.9 Å². The predicted octanol–water partition coefficient (Wildman–Crippen LogP) is 4.72. The highest BCUT2D eigenvalue weighted by Crippen LogP contribution is 2.42. The number of anilines is 4. The third-order valence-corrected chi connectivity index (χ3v) is 8.50. The van der Waals surface area contributed by atoms with Gasteiger partial charge in [-0.1, -0.05) is 25.3 Å². The van der Waals surface area contributed by atoms with Gasteiger partial charge in [0.2, 0.25) is 0 Å². The van der Waals surface area contributed by atoms with Crippen LogP contribution in [0.5, 0.6) is 0 Å². The molecule has 2 aliphatic heterocycles. The lowest BCUT2D eigenvalue weighted by molar-refractivity contribution is -0.124. The molecule has 37 heavy (non-hydrogen) atoms. The van der Waals surface area contributed by atoms with Crippen molar-refractivity contribution in [2.45, 2.75) is 64.5 Å². The molecular weight excluding hydrogens is 464 g/mol. The van der Waals surface area contributed by atoms with Gasteiger partial charge in [0.25, 0.3) is 11.8 Å². The molecule has 0 radical (unpaired) electrons. The average molecular weight is 505 g/mol. The Morgan fingerprint density at radius 1 is 1.08 bits per heavy atom. The molecule has 2 amide bonds. The molecule has 198 valence electrons. The first-order valence-corrected chi connectivity index (χ1v) is 13.7. The van der Waals surface area contributed by atoms with E-state index in [1.54, 1.807) is 4.90 Å². The molecule has 1 aromatic carbocycles. The molecular formula is C29H40N6O2. The maximum atomic E-state index is 13.3. The molecule has 8 nitrogen and oxygen atoms in total. The number of carbonyl (C=O) groups excluding carboxylic acids is 2. The molecule has 1 saturated carbocycles. The molecule has 3 aliphatic rings. The number of hydrogen-bond acceptors (Lipinski definition) is 6. The van der Waals surface area contributed by atoms with E-state index in [0.29, 0.717) is 23.3 Å². The van der Waals surface area contributed by atoms with Gasteiger partial charge >= 0.3 is 0 Å². The minimum Gasteiger partial charge on any atom is -0.354 e. The molecule has 1 aromatic heterocycles. The number of amides is 2. The largest absolute Gasteiger partial charge is 0.354 e. The summed E-state index contributed by atoms with van der Waals surface area (Å²) in [5, 5.41) is 6.90. The molecule has 0 bridgehead atoms. The van der Waals surface area contributed by atoms with E-state index in [2.05, 4.69) is 29.4 Å². The van der Waals surface area contributed by atoms with Crippen molar-refractivity contribution in [3.63, 3.8) is 0 Å². The quantitative estimate of drug-likeness (QED) is 0.613. The van der Waals surface area contributed by atoms with E-state index in [4.69, 9.17) is 4.98 Å². The number of likely N-dealkylation sites (N-methyl/N-ethyl adjacent to an activating group) is 1. The zero-order valence-corrected chi connectivity index (χ0v) is 22.6. The summed E-state index contributed by atoms with van der Waals surface area (Å²) in [6, 6.07) is 11.9. The molecule has 2 N–H and O–H groups in total. The van der Waals surface area contributed by atoms with E-state index in [1.165, 1.54) is 19.3 Å². The minimum absolute atomic E-state index is 0.0653. The number of nitrogens with zero attached hydrogens (tertiary/aromatic N) is 4. The predicted molar refractivity (Wildman–Crippen MR) is 149 cm³/mol. The number of carbonyl (C=O) groups is 2. The number of piperazine rings is 1. The summed E-state index contributed by atoms with van der Waals surface area (Å²) >= 11 is 0. The maximum absolute atomic E-state index is 13.3. The zero-order chi connectivity index (χ0) is 26.2. The molecule has 3 heterocycles. The van der Waals surface area contributed by atoms with Crippen LogP contribution in [0.1, 0.15) is 63.2 Å². The third kappa shape index (κ3) is 5.04. The van der Waals surface area contributed by atoms with Gasteiger partial charge in [-0.3, -0.25) is 14.5 Å². The van der Waals surface area contributed by atoms with Gasteiger partial charge in [-0.25, -0.2) is 4.98 Å². The summed E-state index contributed by atoms with van der Waals surface area (Å²) in [7, 11) is 1.84. The Bertz CT molecular complexity index is 1150. The van der Waals surface area contributed by atoms with Crippen molar-refractivity contribution in [3.05, 3.63) is 42.0 Å². The fourth-order valence-electron chi connectivity index (χ4n) is 6.10. The van der Waals surface area contributed by atoms with Gasteiger partial charge in [0.1, 0.15) is 11.4 Å². The lowest BCUT2D eigenvalue weighted by Gasteiger charge is -2.45. The zero-order valence-electron chi connectivity index (χ0n) is 22.6. The van der Waals surface area contributed by atoms with Crippen molar-refractivity contribution in [1.82, 2.24) is 14.8 Å². The summed E-state index contributed by atoms with van der Waals surface area (Å²) < 4.78 is 0. The van der Waals surface area contributed by atoms with Crippen molar-refractivity contribution in [3.8, 4) is 0 Å². The summed E-state index contributed by atoms with van der Waals surface area (Å²) in [5.74, 6) is 1.86. The molecule has 2 fully saturated rings. The molecule has 8 heteroatoms. The normalized spacial score (nSPS) is 23.1. The van der Waals surface area contributed by atoms with Crippen molar-refractivity contribution in [2.24, 2.45) is 5.92 Å². The number of rotatable bonds is 5. The van der Waals surface area contributed by atoms with Crippen LogP contribution in [0, 0.1) is 5.92 Å². The van der Waals surface area contributed by atoms with Gasteiger partial charge in [-0.15, -0.1) is 0 Å². The minimum atomic E-state index is -0.653. The summed E-state index contributed by atoms with van der Waals surface area (Å²) in [4.78, 5) is 37.5. The molecule has 1 saturated heterocycles. The topological polar surface area (TPSA) is 80.8 Å². The highest BCUT2D eigenvalue weighted by Gasteiger charge is 2.47. The molecule has 0 unspecified atom stereocenters. The lowest BCUT2D eigenvalue weighted by Crippen LogP contribution is -2.59. The second-order valence-electron chi connectivity index (χ2n) is 11.2. The van der Waals surface area contributed by atoms with Gasteiger partial charge in [0, 0.05) is 50.5 Å². The summed E-state index contributed by atoms with van der Waals surface area (Å²) in [6.07, 6.45) is 5.70. The van der Waals surface area contributed by atoms with E-state index < -0.39 is 5.54 Å². The van der Waals surface area contributed by atoms with Crippen molar-refractivity contribution < 1.29 is 9.59 Å². The smallest absolute Gasteiger partial charge is 0.254 e. The standard InChI is InChI=1S/C29H40N6O2/c1-20(2)34-15-17-35(18-16-34)27(36)21-9-8-12-23(19-21)30-25-14-13-24-26(31-25)32-29(3,28(37)33(24)4)22-10-6-5-7-11-22/h8-9,12-14,19-20,22H,5-7,10-11,15-18H2,1-4H3,(H2,30,31,32)/t29-/m1/s1. The first kappa shape index (κ1) is 25.5.